The molecule has 0 radical (unpaired) electrons. The molecule has 1 fully saturated rings. The number of nitrogens with zero attached hydrogens (tertiary/aromatic N) is 1. The van der Waals surface area contributed by atoms with Gasteiger partial charge in [-0.2, -0.15) is 4.31 Å². The van der Waals surface area contributed by atoms with Crippen LogP contribution >= 0.6 is 0 Å². The molecule has 2 aliphatic rings. The predicted molar refractivity (Wildman–Crippen MR) is 97.8 cm³/mol. The first-order valence-corrected chi connectivity index (χ1v) is 10.2. The van der Waals surface area contributed by atoms with Gasteiger partial charge >= 0.3 is 0 Å². The Morgan fingerprint density at radius 2 is 1.60 bits per heavy atom. The van der Waals surface area contributed by atoms with Crippen molar-refractivity contribution in [3.8, 4) is 0 Å². The Balaban J connectivity index is 2.00. The van der Waals surface area contributed by atoms with Gasteiger partial charge in [0, 0.05) is 12.1 Å². The molecule has 5 heteroatoms. The first-order valence-electron chi connectivity index (χ1n) is 8.34. The first-order chi connectivity index (χ1) is 11.9. The Labute approximate surface area is 147 Å². The highest BCUT2D eigenvalue weighted by Gasteiger charge is 2.52. The second kappa shape index (κ2) is 5.64. The highest BCUT2D eigenvalue weighted by atomic mass is 32.2. The van der Waals surface area contributed by atoms with E-state index in [1.54, 1.807) is 6.07 Å². The standard InChI is InChI=1S/C20H19NO3S/c1-25(23,24)21-13-7-12-20(21)14-18(15-8-3-2-4-9-15)16-10-5-6-11-17(16)19(20)22/h2-6,8-11,14H,7,12-13H2,1H3. The van der Waals surface area contributed by atoms with Crippen molar-refractivity contribution in [1.29, 1.82) is 0 Å². The van der Waals surface area contributed by atoms with Gasteiger partial charge in [0.2, 0.25) is 10.0 Å². The number of rotatable bonds is 2. The average molecular weight is 353 g/mol. The maximum absolute atomic E-state index is 13.3. The van der Waals surface area contributed by atoms with Gasteiger partial charge < -0.3 is 0 Å². The molecule has 25 heavy (non-hydrogen) atoms. The van der Waals surface area contributed by atoms with E-state index < -0.39 is 15.6 Å². The number of ketones is 1. The molecule has 0 saturated carbocycles. The number of sulfonamides is 1. The zero-order valence-corrected chi connectivity index (χ0v) is 14.8. The van der Waals surface area contributed by atoms with Crippen molar-refractivity contribution in [1.82, 2.24) is 4.31 Å². The van der Waals surface area contributed by atoms with E-state index in [-0.39, 0.29) is 5.78 Å². The maximum Gasteiger partial charge on any atom is 0.212 e. The highest BCUT2D eigenvalue weighted by Crippen LogP contribution is 2.44. The summed E-state index contributed by atoms with van der Waals surface area (Å²) >= 11 is 0. The highest BCUT2D eigenvalue weighted by molar-refractivity contribution is 7.88. The van der Waals surface area contributed by atoms with Gasteiger partial charge in [0.1, 0.15) is 5.54 Å². The van der Waals surface area contributed by atoms with Crippen molar-refractivity contribution in [3.63, 3.8) is 0 Å². The Morgan fingerprint density at radius 3 is 2.28 bits per heavy atom. The van der Waals surface area contributed by atoms with Crippen molar-refractivity contribution in [2.75, 3.05) is 12.8 Å². The molecule has 0 aromatic heterocycles. The lowest BCUT2D eigenvalue weighted by Crippen LogP contribution is -2.52. The molecule has 2 aromatic rings. The molecule has 1 atom stereocenters. The molecule has 4 rings (SSSR count). The summed E-state index contributed by atoms with van der Waals surface area (Å²) in [6.45, 7) is 0.380. The van der Waals surface area contributed by atoms with Crippen LogP contribution in [0.4, 0.5) is 0 Å². The van der Waals surface area contributed by atoms with Crippen LogP contribution in [0.1, 0.15) is 34.3 Å². The van der Waals surface area contributed by atoms with Gasteiger partial charge in [-0.1, -0.05) is 54.6 Å². The summed E-state index contributed by atoms with van der Waals surface area (Å²) in [6.07, 6.45) is 4.26. The van der Waals surface area contributed by atoms with Gasteiger partial charge in [0.25, 0.3) is 0 Å². The molecule has 128 valence electrons. The van der Waals surface area contributed by atoms with Gasteiger partial charge in [0.15, 0.2) is 5.78 Å². The Hall–Kier alpha value is -2.24. The van der Waals surface area contributed by atoms with Crippen molar-refractivity contribution >= 4 is 21.4 Å². The summed E-state index contributed by atoms with van der Waals surface area (Å²) in [5.41, 5.74) is 2.27. The van der Waals surface area contributed by atoms with Crippen LogP contribution in [0.2, 0.25) is 0 Å². The van der Waals surface area contributed by atoms with Crippen molar-refractivity contribution in [3.05, 3.63) is 77.4 Å². The summed E-state index contributed by atoms with van der Waals surface area (Å²) in [6, 6.07) is 17.3. The van der Waals surface area contributed by atoms with E-state index in [0.717, 1.165) is 16.7 Å². The summed E-state index contributed by atoms with van der Waals surface area (Å²) in [5, 5.41) is 0. The number of fused-ring (bicyclic) bond motifs is 1. The molecule has 1 aliphatic heterocycles. The minimum absolute atomic E-state index is 0.120. The predicted octanol–water partition coefficient (Wildman–Crippen LogP) is 3.11. The molecule has 1 saturated heterocycles. The molecular weight excluding hydrogens is 334 g/mol. The number of hydrogen-bond donors (Lipinski definition) is 0. The van der Waals surface area contributed by atoms with Crippen LogP contribution in [0.3, 0.4) is 0 Å². The fraction of sp³-hybridized carbons (Fsp3) is 0.250. The topological polar surface area (TPSA) is 54.5 Å². The minimum Gasteiger partial charge on any atom is -0.292 e. The second-order valence-electron chi connectivity index (χ2n) is 6.66. The van der Waals surface area contributed by atoms with E-state index in [0.29, 0.717) is 24.9 Å². The third kappa shape index (κ3) is 2.46. The quantitative estimate of drug-likeness (QED) is 0.834. The van der Waals surface area contributed by atoms with Gasteiger partial charge in [-0.15, -0.1) is 0 Å². The van der Waals surface area contributed by atoms with Crippen LogP contribution in [0.15, 0.2) is 60.7 Å². The molecule has 1 aliphatic carbocycles. The third-order valence-corrected chi connectivity index (χ3v) is 6.40. The Morgan fingerprint density at radius 1 is 0.960 bits per heavy atom. The van der Waals surface area contributed by atoms with Crippen molar-refractivity contribution in [2.24, 2.45) is 0 Å². The van der Waals surface area contributed by atoms with Crippen LogP contribution in [-0.4, -0.2) is 36.8 Å². The lowest BCUT2D eigenvalue weighted by atomic mass is 9.76. The Bertz CT molecular complexity index is 979. The van der Waals surface area contributed by atoms with E-state index in [4.69, 9.17) is 0 Å². The summed E-state index contributed by atoms with van der Waals surface area (Å²) < 4.78 is 26.1. The van der Waals surface area contributed by atoms with E-state index in [9.17, 15) is 13.2 Å². The summed E-state index contributed by atoms with van der Waals surface area (Å²) in [7, 11) is -3.48. The molecule has 1 unspecified atom stereocenters. The molecule has 0 amide bonds. The van der Waals surface area contributed by atoms with Crippen LogP contribution < -0.4 is 0 Å². The third-order valence-electron chi connectivity index (χ3n) is 5.09. The molecular formula is C20H19NO3S. The van der Waals surface area contributed by atoms with Crippen LogP contribution in [0, 0.1) is 0 Å². The van der Waals surface area contributed by atoms with Crippen LogP contribution in [0.25, 0.3) is 5.57 Å². The van der Waals surface area contributed by atoms with E-state index in [1.165, 1.54) is 10.6 Å². The van der Waals surface area contributed by atoms with Crippen molar-refractivity contribution in [2.45, 2.75) is 18.4 Å². The van der Waals surface area contributed by atoms with Gasteiger partial charge in [-0.3, -0.25) is 4.79 Å². The number of hydrogen-bond acceptors (Lipinski definition) is 3. The number of Topliss-reactive ketones (excluding diaryl/α,β-unsaturated/α-hetero) is 1. The number of carbonyl (C=O) groups is 1. The number of benzene rings is 2. The zero-order valence-electron chi connectivity index (χ0n) is 14.0. The SMILES string of the molecule is CS(=O)(=O)N1CCCC12C=C(c1ccccc1)c1ccccc1C2=O. The molecule has 0 N–H and O–H groups in total. The van der Waals surface area contributed by atoms with E-state index >= 15 is 0 Å². The van der Waals surface area contributed by atoms with Gasteiger partial charge in [-0.05, 0) is 35.6 Å². The second-order valence-corrected chi connectivity index (χ2v) is 8.57. The number of carbonyl (C=O) groups excluding carboxylic acids is 1. The fourth-order valence-electron chi connectivity index (χ4n) is 4.04. The van der Waals surface area contributed by atoms with Gasteiger partial charge in [0.05, 0.1) is 6.26 Å². The van der Waals surface area contributed by atoms with Crippen molar-refractivity contribution < 1.29 is 13.2 Å². The molecule has 4 nitrogen and oxygen atoms in total. The average Bonchev–Trinajstić information content (AvgIpc) is 3.04. The van der Waals surface area contributed by atoms with Crippen LogP contribution in [0.5, 0.6) is 0 Å². The largest absolute Gasteiger partial charge is 0.292 e. The van der Waals surface area contributed by atoms with E-state index in [2.05, 4.69) is 0 Å². The molecule has 1 spiro atoms. The van der Waals surface area contributed by atoms with Gasteiger partial charge in [-0.25, -0.2) is 8.42 Å². The van der Waals surface area contributed by atoms with E-state index in [1.807, 2.05) is 54.6 Å². The minimum atomic E-state index is -3.48. The zero-order chi connectivity index (χ0) is 17.7. The molecule has 2 aromatic carbocycles. The fourth-order valence-corrected chi connectivity index (χ4v) is 5.32. The normalized spacial score (nSPS) is 23.6. The molecule has 0 bridgehead atoms. The Kier molecular flexibility index (Phi) is 3.67. The summed E-state index contributed by atoms with van der Waals surface area (Å²) in [4.78, 5) is 13.3. The summed E-state index contributed by atoms with van der Waals surface area (Å²) in [5.74, 6) is -0.120. The van der Waals surface area contributed by atoms with Crippen LogP contribution in [-0.2, 0) is 10.0 Å². The monoisotopic (exact) mass is 353 g/mol. The lowest BCUT2D eigenvalue weighted by molar-refractivity contribution is 0.0848. The maximum atomic E-state index is 13.3. The lowest BCUT2D eigenvalue weighted by Gasteiger charge is -2.37. The first kappa shape index (κ1) is 16.2. The molecule has 1 heterocycles. The smallest absolute Gasteiger partial charge is 0.212 e.